The van der Waals surface area contributed by atoms with Crippen LogP contribution in [-0.4, -0.2) is 178 Å². The van der Waals surface area contributed by atoms with E-state index in [-0.39, 0.29) is 38.1 Å². The number of benzene rings is 2. The van der Waals surface area contributed by atoms with E-state index < -0.39 is 137 Å². The smallest absolute Gasteiger partial charge is 0.332 e. The van der Waals surface area contributed by atoms with Crippen LogP contribution in [0.2, 0.25) is 0 Å². The van der Waals surface area contributed by atoms with Gasteiger partial charge in [0.05, 0.1) is 5.60 Å². The van der Waals surface area contributed by atoms with Gasteiger partial charge in [0.2, 0.25) is 41.4 Å². The lowest BCUT2D eigenvalue weighted by Gasteiger charge is -2.39. The van der Waals surface area contributed by atoms with Crippen molar-refractivity contribution in [2.45, 2.75) is 182 Å². The largest absolute Gasteiger partial charge is 0.450 e. The fourth-order valence-corrected chi connectivity index (χ4v) is 10.8. The lowest BCUT2D eigenvalue weighted by Crippen LogP contribution is -2.63. The zero-order chi connectivity index (χ0) is 58.7. The van der Waals surface area contributed by atoms with Crippen LogP contribution in [-0.2, 0) is 60.7 Å². The molecule has 0 bridgehead atoms. The van der Waals surface area contributed by atoms with Gasteiger partial charge in [-0.15, -0.1) is 0 Å². The van der Waals surface area contributed by atoms with Crippen LogP contribution in [0.25, 0.3) is 0 Å². The Morgan fingerprint density at radius 2 is 1.08 bits per heavy atom. The molecule has 0 unspecified atom stereocenters. The Balaban J connectivity index is 1.96. The van der Waals surface area contributed by atoms with Crippen LogP contribution < -0.4 is 16.0 Å². The molecule has 0 aromatic heterocycles. The topological polar surface area (TPSA) is 235 Å². The van der Waals surface area contributed by atoms with Gasteiger partial charge < -0.3 is 50.3 Å². The molecule has 2 saturated heterocycles. The number of carbonyl (C=O) groups is 9. The Bertz CT molecular complexity index is 2410. The molecule has 2 heterocycles. The zero-order valence-electron chi connectivity index (χ0n) is 49.1. The van der Waals surface area contributed by atoms with Gasteiger partial charge in [-0.1, -0.05) is 130 Å². The van der Waals surface area contributed by atoms with Crippen molar-refractivity contribution in [1.82, 2.24) is 40.4 Å². The number of aliphatic hydroxyl groups is 1. The second-order valence-corrected chi connectivity index (χ2v) is 23.5. The Hall–Kier alpha value is -6.37. The summed E-state index contributed by atoms with van der Waals surface area (Å²) in [4.78, 5) is 140. The second-order valence-electron chi connectivity index (χ2n) is 23.5. The number of carbonyl (C=O) groups excluding carboxylic acids is 9. The third-order valence-electron chi connectivity index (χ3n) is 15.3. The van der Waals surface area contributed by atoms with Crippen LogP contribution in [0.3, 0.4) is 0 Å². The van der Waals surface area contributed by atoms with Crippen molar-refractivity contribution in [3.63, 3.8) is 0 Å². The number of ether oxygens (including phenoxy) is 1. The van der Waals surface area contributed by atoms with E-state index >= 15 is 9.59 Å². The van der Waals surface area contributed by atoms with Gasteiger partial charge in [-0.05, 0) is 74.3 Å². The molecule has 78 heavy (non-hydrogen) atoms. The van der Waals surface area contributed by atoms with Gasteiger partial charge in [0.25, 0.3) is 5.91 Å². The first-order valence-corrected chi connectivity index (χ1v) is 27.7. The Morgan fingerprint density at radius 3 is 1.55 bits per heavy atom. The fraction of sp³-hybridized carbons (Fsp3) is 0.644. The molecule has 4 rings (SSSR count). The van der Waals surface area contributed by atoms with Gasteiger partial charge in [-0.3, -0.25) is 38.4 Å². The highest BCUT2D eigenvalue weighted by molar-refractivity contribution is 5.99. The van der Waals surface area contributed by atoms with Gasteiger partial charge >= 0.3 is 5.97 Å². The van der Waals surface area contributed by atoms with Crippen molar-refractivity contribution < 1.29 is 53.0 Å². The lowest BCUT2D eigenvalue weighted by atomic mass is 9.94. The molecule has 2 aromatic carbocycles. The Morgan fingerprint density at radius 1 is 0.590 bits per heavy atom. The molecule has 432 valence electrons. The number of esters is 1. The first-order chi connectivity index (χ1) is 36.4. The van der Waals surface area contributed by atoms with E-state index in [2.05, 4.69) is 16.0 Å². The normalized spacial score (nSPS) is 26.3. The average Bonchev–Trinajstić information content (AvgIpc) is 3.87. The molecular formula is C59H90N8O11. The van der Waals surface area contributed by atoms with E-state index in [1.54, 1.807) is 79.7 Å². The molecule has 0 aliphatic carbocycles. The number of rotatable bonds is 12. The van der Waals surface area contributed by atoms with Crippen molar-refractivity contribution in [2.24, 2.45) is 29.6 Å². The number of amides is 8. The van der Waals surface area contributed by atoms with Gasteiger partial charge in [-0.2, -0.15) is 0 Å². The predicted octanol–water partition coefficient (Wildman–Crippen LogP) is 3.98. The third kappa shape index (κ3) is 15.9. The third-order valence-corrected chi connectivity index (χ3v) is 15.3. The summed E-state index contributed by atoms with van der Waals surface area (Å²) in [7, 11) is 5.65. The second kappa shape index (κ2) is 28.0. The summed E-state index contributed by atoms with van der Waals surface area (Å²) in [6.45, 7) is 20.4. The predicted molar refractivity (Wildman–Crippen MR) is 297 cm³/mol. The van der Waals surface area contributed by atoms with Crippen LogP contribution in [0.1, 0.15) is 120 Å². The van der Waals surface area contributed by atoms with Gasteiger partial charge in [0.15, 0.2) is 12.1 Å². The van der Waals surface area contributed by atoms with Crippen LogP contribution in [0, 0.1) is 29.6 Å². The first kappa shape index (κ1) is 64.2. The number of nitrogens with one attached hydrogen (secondary N) is 3. The maximum Gasteiger partial charge on any atom is 0.332 e. The molecule has 0 spiro atoms. The molecule has 2 aliphatic heterocycles. The standard InChI is InChI=1S/C59H90N8O11/c1-17-38(10)48-57(75)65(15)47(37(8)9)52(70)61-42(32-39-25-20-18-21-26-39)53(71)63(13)44(33-40-27-22-19-23-28-40)55(73)67-30-24-29-43(67)50(68)62-45(35(4)5)56(74)64(14)46(36(6)7)51(69)60-41(31-34(2)3)54(72)66(16)49(58(76)78-48)59(11,12)77/h18-23,25-28,34-38,41-49,77H,17,24,29-33H2,1-16H3,(H,60,69)(H,61,70)(H,62,68)/t38-,41+,42+,43+,44+,45+,46+,47+,48-,49-/m1/s1. The van der Waals surface area contributed by atoms with E-state index in [0.717, 1.165) is 10.5 Å². The van der Waals surface area contributed by atoms with Crippen LogP contribution in [0.5, 0.6) is 0 Å². The molecule has 2 aliphatic rings. The number of fused-ring (bicyclic) bond motifs is 1. The zero-order valence-corrected chi connectivity index (χ0v) is 49.1. The van der Waals surface area contributed by atoms with Crippen LogP contribution in [0.4, 0.5) is 0 Å². The SMILES string of the molecule is CC[C@@H](C)[C@H]1OC(=O)[C@H](C(C)(C)O)N(C)C(=O)[C@H](CC(C)C)NC(=O)[C@H](C(C)C)N(C)C(=O)[C@H](C(C)C)NC(=O)[C@@H]2CCCN2C(=O)[C@H](Cc2ccccc2)N(C)C(=O)[C@H](Cc2ccccc2)NC(=O)[C@H](C(C)C)N(C)C1=O. The summed E-state index contributed by atoms with van der Waals surface area (Å²) >= 11 is 0. The van der Waals surface area contributed by atoms with Crippen molar-refractivity contribution in [1.29, 1.82) is 0 Å². The van der Waals surface area contributed by atoms with Gasteiger partial charge in [0.1, 0.15) is 42.3 Å². The fourth-order valence-electron chi connectivity index (χ4n) is 10.8. The molecule has 19 nitrogen and oxygen atoms in total. The average molecular weight is 1090 g/mol. The summed E-state index contributed by atoms with van der Waals surface area (Å²) in [5.41, 5.74) is -0.553. The quantitative estimate of drug-likeness (QED) is 0.222. The van der Waals surface area contributed by atoms with Crippen LogP contribution in [0.15, 0.2) is 60.7 Å². The van der Waals surface area contributed by atoms with Crippen LogP contribution >= 0.6 is 0 Å². The molecule has 19 heteroatoms. The molecule has 8 amide bonds. The summed E-state index contributed by atoms with van der Waals surface area (Å²) < 4.78 is 6.08. The maximum absolute atomic E-state index is 15.2. The van der Waals surface area contributed by atoms with Crippen molar-refractivity contribution in [3.05, 3.63) is 71.8 Å². The van der Waals surface area contributed by atoms with Crippen molar-refractivity contribution in [2.75, 3.05) is 34.7 Å². The molecule has 0 radical (unpaired) electrons. The van der Waals surface area contributed by atoms with E-state index in [1.165, 1.54) is 61.6 Å². The van der Waals surface area contributed by atoms with Gasteiger partial charge in [0, 0.05) is 53.5 Å². The highest BCUT2D eigenvalue weighted by Crippen LogP contribution is 2.27. The minimum absolute atomic E-state index is 0.00717. The molecular weight excluding hydrogens is 997 g/mol. The Kier molecular flexibility index (Phi) is 23.0. The number of likely N-dealkylation sites (N-methyl/N-ethyl adjacent to an activating group) is 4. The van der Waals surface area contributed by atoms with Crippen molar-refractivity contribution >= 4 is 53.2 Å². The lowest BCUT2D eigenvalue weighted by molar-refractivity contribution is -0.177. The summed E-state index contributed by atoms with van der Waals surface area (Å²) in [6, 6.07) is 8.07. The molecule has 4 N–H and O–H groups in total. The van der Waals surface area contributed by atoms with E-state index in [9.17, 15) is 38.7 Å². The summed E-state index contributed by atoms with van der Waals surface area (Å²) in [5.74, 6) is -8.74. The van der Waals surface area contributed by atoms with E-state index in [4.69, 9.17) is 4.74 Å². The van der Waals surface area contributed by atoms with E-state index in [0.29, 0.717) is 18.4 Å². The van der Waals surface area contributed by atoms with Gasteiger partial charge in [-0.25, -0.2) is 4.79 Å². The summed E-state index contributed by atoms with van der Waals surface area (Å²) in [5, 5.41) is 20.4. The molecule has 10 atom stereocenters. The number of cyclic esters (lactones) is 1. The minimum Gasteiger partial charge on any atom is -0.450 e. The highest BCUT2D eigenvalue weighted by Gasteiger charge is 2.48. The summed E-state index contributed by atoms with van der Waals surface area (Å²) in [6.07, 6.45) is -0.355. The monoisotopic (exact) mass is 1090 g/mol. The maximum atomic E-state index is 15.2. The highest BCUT2D eigenvalue weighted by atomic mass is 16.6. The minimum atomic E-state index is -1.97. The number of hydrogen-bond acceptors (Lipinski definition) is 11. The molecule has 0 saturated carbocycles. The number of hydrogen-bond donors (Lipinski definition) is 4. The number of nitrogens with zero attached hydrogens (tertiary/aromatic N) is 5. The Labute approximate surface area is 462 Å². The first-order valence-electron chi connectivity index (χ1n) is 27.7. The molecule has 2 fully saturated rings. The van der Waals surface area contributed by atoms with Crippen molar-refractivity contribution in [3.8, 4) is 0 Å². The molecule has 2 aromatic rings. The van der Waals surface area contributed by atoms with E-state index in [1.807, 2.05) is 50.2 Å².